The molecule has 1 heterocycles. The van der Waals surface area contributed by atoms with Crippen molar-refractivity contribution in [3.8, 4) is 0 Å². The first-order chi connectivity index (χ1) is 7.95. The smallest absolute Gasteiger partial charge is 0.417 e. The van der Waals surface area contributed by atoms with Crippen LogP contribution in [-0.4, -0.2) is 18.1 Å². The van der Waals surface area contributed by atoms with Crippen molar-refractivity contribution in [1.29, 1.82) is 0 Å². The number of carbonyl (C=O) groups is 1. The van der Waals surface area contributed by atoms with E-state index in [0.717, 1.165) is 13.2 Å². The van der Waals surface area contributed by atoms with E-state index in [1.165, 1.54) is 18.3 Å². The van der Waals surface area contributed by atoms with Crippen LogP contribution in [0.5, 0.6) is 0 Å². The van der Waals surface area contributed by atoms with E-state index in [4.69, 9.17) is 0 Å². The van der Waals surface area contributed by atoms with E-state index >= 15 is 0 Å². The highest BCUT2D eigenvalue weighted by molar-refractivity contribution is 6.05. The summed E-state index contributed by atoms with van der Waals surface area (Å²) < 4.78 is 42.8. The van der Waals surface area contributed by atoms with Gasteiger partial charge in [0.25, 0.3) is 0 Å². The standard InChI is InChI=1S/C11H8F3NO2/c1-17-10(16)6-5-15-8-4-2-3-7(9(6)8)11(12,13)14/h2-5,15H,1H3. The Morgan fingerprint density at radius 3 is 2.65 bits per heavy atom. The lowest BCUT2D eigenvalue weighted by Crippen LogP contribution is -2.08. The molecule has 2 aromatic rings. The number of benzene rings is 1. The first-order valence-corrected chi connectivity index (χ1v) is 4.70. The second-order valence-corrected chi connectivity index (χ2v) is 3.42. The van der Waals surface area contributed by atoms with E-state index in [2.05, 4.69) is 9.72 Å². The van der Waals surface area contributed by atoms with Gasteiger partial charge in [-0.25, -0.2) is 4.79 Å². The number of H-pyrrole nitrogens is 1. The van der Waals surface area contributed by atoms with Crippen LogP contribution in [0.4, 0.5) is 13.2 Å². The molecule has 0 spiro atoms. The van der Waals surface area contributed by atoms with Crippen LogP contribution in [0.2, 0.25) is 0 Å². The number of hydrogen-bond acceptors (Lipinski definition) is 2. The second kappa shape index (κ2) is 3.80. The fourth-order valence-electron chi connectivity index (χ4n) is 1.69. The van der Waals surface area contributed by atoms with Gasteiger partial charge in [-0.2, -0.15) is 13.2 Å². The molecule has 0 aliphatic heterocycles. The summed E-state index contributed by atoms with van der Waals surface area (Å²) in [6.07, 6.45) is -3.30. The number of aromatic amines is 1. The minimum Gasteiger partial charge on any atom is -0.465 e. The van der Waals surface area contributed by atoms with Crippen LogP contribution in [0.15, 0.2) is 24.4 Å². The third-order valence-corrected chi connectivity index (χ3v) is 2.42. The molecule has 1 aromatic carbocycles. The molecule has 0 aliphatic rings. The number of halogens is 3. The maximum Gasteiger partial charge on any atom is 0.417 e. The van der Waals surface area contributed by atoms with Gasteiger partial charge in [-0.1, -0.05) is 6.07 Å². The SMILES string of the molecule is COC(=O)c1c[nH]c2cccc(C(F)(F)F)c12. The fraction of sp³-hybridized carbons (Fsp3) is 0.182. The van der Waals surface area contributed by atoms with Gasteiger partial charge in [0.05, 0.1) is 18.2 Å². The van der Waals surface area contributed by atoms with Crippen molar-refractivity contribution < 1.29 is 22.7 Å². The normalized spacial score (nSPS) is 11.8. The number of rotatable bonds is 1. The van der Waals surface area contributed by atoms with Crippen LogP contribution in [0.1, 0.15) is 15.9 Å². The van der Waals surface area contributed by atoms with Crippen molar-refractivity contribution in [3.05, 3.63) is 35.5 Å². The molecule has 1 N–H and O–H groups in total. The largest absolute Gasteiger partial charge is 0.465 e. The van der Waals surface area contributed by atoms with Crippen LogP contribution >= 0.6 is 0 Å². The van der Waals surface area contributed by atoms with Crippen LogP contribution in [0.3, 0.4) is 0 Å². The summed E-state index contributed by atoms with van der Waals surface area (Å²) in [6, 6.07) is 3.68. The Kier molecular flexibility index (Phi) is 2.57. The molecule has 0 atom stereocenters. The molecular formula is C11H8F3NO2. The zero-order chi connectivity index (χ0) is 12.6. The molecule has 0 unspecified atom stereocenters. The Bertz CT molecular complexity index is 572. The lowest BCUT2D eigenvalue weighted by Gasteiger charge is -2.08. The van der Waals surface area contributed by atoms with Crippen molar-refractivity contribution in [2.45, 2.75) is 6.18 Å². The van der Waals surface area contributed by atoms with Crippen molar-refractivity contribution in [3.63, 3.8) is 0 Å². The Hall–Kier alpha value is -1.98. The van der Waals surface area contributed by atoms with E-state index in [9.17, 15) is 18.0 Å². The van der Waals surface area contributed by atoms with Gasteiger partial charge in [-0.3, -0.25) is 0 Å². The van der Waals surface area contributed by atoms with Gasteiger partial charge in [0.2, 0.25) is 0 Å². The average Bonchev–Trinajstić information content (AvgIpc) is 2.70. The number of fused-ring (bicyclic) bond motifs is 1. The summed E-state index contributed by atoms with van der Waals surface area (Å²) in [5.41, 5.74) is -0.715. The zero-order valence-electron chi connectivity index (χ0n) is 8.76. The topological polar surface area (TPSA) is 42.1 Å². The molecule has 6 heteroatoms. The first kappa shape index (κ1) is 11.5. The van der Waals surface area contributed by atoms with Crippen molar-refractivity contribution in [2.75, 3.05) is 7.11 Å². The quantitative estimate of drug-likeness (QED) is 0.782. The molecule has 0 fully saturated rings. The lowest BCUT2D eigenvalue weighted by atomic mass is 10.1. The Labute approximate surface area is 94.2 Å². The summed E-state index contributed by atoms with van der Waals surface area (Å²) in [7, 11) is 1.12. The summed E-state index contributed by atoms with van der Waals surface area (Å²) in [4.78, 5) is 14.0. The van der Waals surface area contributed by atoms with E-state index < -0.39 is 17.7 Å². The summed E-state index contributed by atoms with van der Waals surface area (Å²) in [5.74, 6) is -0.798. The van der Waals surface area contributed by atoms with Crippen molar-refractivity contribution >= 4 is 16.9 Å². The van der Waals surface area contributed by atoms with Crippen LogP contribution in [-0.2, 0) is 10.9 Å². The van der Waals surface area contributed by atoms with Gasteiger partial charge >= 0.3 is 12.1 Å². The summed E-state index contributed by atoms with van der Waals surface area (Å²) in [6.45, 7) is 0. The van der Waals surface area contributed by atoms with E-state index in [-0.39, 0.29) is 16.5 Å². The maximum absolute atomic E-state index is 12.8. The molecule has 0 bridgehead atoms. The van der Waals surface area contributed by atoms with Gasteiger partial charge in [0, 0.05) is 17.1 Å². The maximum atomic E-state index is 12.8. The Morgan fingerprint density at radius 2 is 2.06 bits per heavy atom. The number of ether oxygens (including phenoxy) is 1. The number of methoxy groups -OCH3 is 1. The second-order valence-electron chi connectivity index (χ2n) is 3.42. The Balaban J connectivity index is 2.77. The third kappa shape index (κ3) is 1.86. The highest BCUT2D eigenvalue weighted by atomic mass is 19.4. The molecule has 0 amide bonds. The number of carbonyl (C=O) groups excluding carboxylic acids is 1. The van der Waals surface area contributed by atoms with Crippen molar-refractivity contribution in [1.82, 2.24) is 4.98 Å². The Morgan fingerprint density at radius 1 is 1.35 bits per heavy atom. The van der Waals surface area contributed by atoms with Crippen LogP contribution in [0, 0.1) is 0 Å². The van der Waals surface area contributed by atoms with E-state index in [0.29, 0.717) is 0 Å². The van der Waals surface area contributed by atoms with Gasteiger partial charge in [0.15, 0.2) is 0 Å². The number of aromatic nitrogens is 1. The average molecular weight is 243 g/mol. The lowest BCUT2D eigenvalue weighted by molar-refractivity contribution is -0.136. The molecule has 0 saturated carbocycles. The zero-order valence-corrected chi connectivity index (χ0v) is 8.76. The summed E-state index contributed by atoms with van der Waals surface area (Å²) >= 11 is 0. The van der Waals surface area contributed by atoms with Gasteiger partial charge in [-0.15, -0.1) is 0 Å². The van der Waals surface area contributed by atoms with Crippen LogP contribution < -0.4 is 0 Å². The molecular weight excluding hydrogens is 235 g/mol. The number of hydrogen-bond donors (Lipinski definition) is 1. The van der Waals surface area contributed by atoms with E-state index in [1.54, 1.807) is 0 Å². The fourth-order valence-corrected chi connectivity index (χ4v) is 1.69. The molecule has 1 aromatic heterocycles. The predicted molar refractivity (Wildman–Crippen MR) is 54.6 cm³/mol. The van der Waals surface area contributed by atoms with Gasteiger partial charge < -0.3 is 9.72 Å². The van der Waals surface area contributed by atoms with Gasteiger partial charge in [-0.05, 0) is 12.1 Å². The minimum absolute atomic E-state index is 0.115. The predicted octanol–water partition coefficient (Wildman–Crippen LogP) is 2.97. The summed E-state index contributed by atoms with van der Waals surface area (Å²) in [5, 5.41) is -0.160. The van der Waals surface area contributed by atoms with E-state index in [1.807, 2.05) is 0 Å². The molecule has 17 heavy (non-hydrogen) atoms. The molecule has 2 rings (SSSR count). The monoisotopic (exact) mass is 243 g/mol. The highest BCUT2D eigenvalue weighted by Gasteiger charge is 2.34. The molecule has 3 nitrogen and oxygen atoms in total. The molecule has 0 saturated heterocycles. The molecule has 0 radical (unpaired) electrons. The van der Waals surface area contributed by atoms with Crippen LogP contribution in [0.25, 0.3) is 10.9 Å². The van der Waals surface area contributed by atoms with Crippen molar-refractivity contribution in [2.24, 2.45) is 0 Å². The first-order valence-electron chi connectivity index (χ1n) is 4.70. The molecule has 90 valence electrons. The van der Waals surface area contributed by atoms with Gasteiger partial charge in [0.1, 0.15) is 0 Å². The number of alkyl halides is 3. The molecule has 0 aliphatic carbocycles. The highest BCUT2D eigenvalue weighted by Crippen LogP contribution is 2.36. The number of nitrogens with one attached hydrogen (secondary N) is 1. The third-order valence-electron chi connectivity index (χ3n) is 2.42. The minimum atomic E-state index is -4.51. The number of esters is 1.